The van der Waals surface area contributed by atoms with Crippen molar-refractivity contribution < 1.29 is 0 Å². The van der Waals surface area contributed by atoms with Crippen LogP contribution >= 0.6 is 0 Å². The maximum atomic E-state index is 4.48. The quantitative estimate of drug-likeness (QED) is 0.717. The molecule has 0 saturated heterocycles. The van der Waals surface area contributed by atoms with Crippen LogP contribution in [0.3, 0.4) is 0 Å². The van der Waals surface area contributed by atoms with Crippen molar-refractivity contribution in [3.8, 4) is 5.82 Å². The number of hydrogen-bond acceptors (Lipinski definition) is 4. The number of aryl methyl sites for hydroxylation is 1. The average Bonchev–Trinajstić information content (AvgIpc) is 2.95. The maximum absolute atomic E-state index is 4.48. The van der Waals surface area contributed by atoms with Gasteiger partial charge in [0.1, 0.15) is 5.82 Å². The number of aromatic nitrogens is 5. The van der Waals surface area contributed by atoms with Gasteiger partial charge in [-0.3, -0.25) is 0 Å². The van der Waals surface area contributed by atoms with Crippen molar-refractivity contribution >= 4 is 11.5 Å². The Bertz CT molecular complexity index is 665. The molecular formula is C11H12N6. The summed E-state index contributed by atoms with van der Waals surface area (Å²) in [6.07, 6.45) is 9.25. The van der Waals surface area contributed by atoms with Gasteiger partial charge in [-0.2, -0.15) is 5.10 Å². The molecule has 3 aromatic rings. The Morgan fingerprint density at radius 3 is 2.88 bits per heavy atom. The predicted octanol–water partition coefficient (Wildman–Crippen LogP) is 1.27. The second kappa shape index (κ2) is 3.58. The molecule has 0 aliphatic rings. The minimum atomic E-state index is 0.718. The highest BCUT2D eigenvalue weighted by atomic mass is 15.3. The summed E-state index contributed by atoms with van der Waals surface area (Å²) in [5, 5.41) is 7.29. The van der Waals surface area contributed by atoms with Crippen molar-refractivity contribution in [1.29, 1.82) is 0 Å². The largest absolute Gasteiger partial charge is 0.372 e. The lowest BCUT2D eigenvalue weighted by Crippen LogP contribution is -2.05. The van der Waals surface area contributed by atoms with E-state index in [4.69, 9.17) is 0 Å². The maximum Gasteiger partial charge on any atom is 0.199 e. The van der Waals surface area contributed by atoms with Gasteiger partial charge in [-0.25, -0.2) is 14.6 Å². The lowest BCUT2D eigenvalue weighted by atomic mass is 10.4. The van der Waals surface area contributed by atoms with Crippen molar-refractivity contribution in [2.45, 2.75) is 6.92 Å². The molecule has 0 spiro atoms. The number of anilines is 1. The topological polar surface area (TPSA) is 60.0 Å². The Hall–Kier alpha value is -2.37. The molecule has 0 fully saturated rings. The Balaban J connectivity index is 2.29. The number of imidazole rings is 1. The number of fused-ring (bicyclic) bond motifs is 1. The van der Waals surface area contributed by atoms with Crippen molar-refractivity contribution in [2.24, 2.45) is 0 Å². The van der Waals surface area contributed by atoms with Crippen LogP contribution in [0, 0.1) is 6.92 Å². The molecule has 0 saturated carbocycles. The van der Waals surface area contributed by atoms with E-state index >= 15 is 0 Å². The summed E-state index contributed by atoms with van der Waals surface area (Å²) < 4.78 is 3.66. The predicted molar refractivity (Wildman–Crippen MR) is 64.4 cm³/mol. The van der Waals surface area contributed by atoms with E-state index in [2.05, 4.69) is 20.4 Å². The van der Waals surface area contributed by atoms with Crippen LogP contribution in [0.25, 0.3) is 11.5 Å². The summed E-state index contributed by atoms with van der Waals surface area (Å²) in [4.78, 5) is 8.77. The number of nitrogens with one attached hydrogen (secondary N) is 1. The normalized spacial score (nSPS) is 10.9. The minimum Gasteiger partial charge on any atom is -0.372 e. The van der Waals surface area contributed by atoms with Crippen LogP contribution in [0.1, 0.15) is 5.56 Å². The Morgan fingerprint density at radius 1 is 1.29 bits per heavy atom. The number of hydrogen-bond donors (Lipinski definition) is 1. The highest BCUT2D eigenvalue weighted by molar-refractivity contribution is 5.57. The fourth-order valence-corrected chi connectivity index (χ4v) is 1.72. The van der Waals surface area contributed by atoms with Crippen LogP contribution in [0.4, 0.5) is 5.82 Å². The zero-order valence-electron chi connectivity index (χ0n) is 9.62. The second-order valence-corrected chi connectivity index (χ2v) is 3.82. The molecule has 1 N–H and O–H groups in total. The zero-order valence-corrected chi connectivity index (χ0v) is 9.62. The summed E-state index contributed by atoms with van der Waals surface area (Å²) in [7, 11) is 1.84. The smallest absolute Gasteiger partial charge is 0.199 e. The van der Waals surface area contributed by atoms with Gasteiger partial charge in [0.15, 0.2) is 11.5 Å². The fraction of sp³-hybridized carbons (Fsp3) is 0.182. The van der Waals surface area contributed by atoms with Gasteiger partial charge >= 0.3 is 0 Å². The van der Waals surface area contributed by atoms with E-state index in [1.54, 1.807) is 17.1 Å². The molecule has 6 heteroatoms. The second-order valence-electron chi connectivity index (χ2n) is 3.82. The average molecular weight is 228 g/mol. The first-order valence-corrected chi connectivity index (χ1v) is 5.31. The van der Waals surface area contributed by atoms with Gasteiger partial charge in [0.25, 0.3) is 0 Å². The third kappa shape index (κ3) is 1.54. The van der Waals surface area contributed by atoms with E-state index in [0.29, 0.717) is 0 Å². The van der Waals surface area contributed by atoms with E-state index in [0.717, 1.165) is 22.8 Å². The van der Waals surface area contributed by atoms with E-state index in [1.807, 2.05) is 37.0 Å². The fourth-order valence-electron chi connectivity index (χ4n) is 1.72. The molecule has 6 nitrogen and oxygen atoms in total. The van der Waals surface area contributed by atoms with Crippen molar-refractivity contribution in [3.05, 3.63) is 36.5 Å². The molecule has 3 aromatic heterocycles. The van der Waals surface area contributed by atoms with Gasteiger partial charge in [0.05, 0.1) is 12.4 Å². The molecule has 0 radical (unpaired) electrons. The molecule has 0 aromatic carbocycles. The zero-order chi connectivity index (χ0) is 11.8. The molecule has 86 valence electrons. The lowest BCUT2D eigenvalue weighted by Gasteiger charge is -2.06. The third-order valence-corrected chi connectivity index (χ3v) is 2.54. The van der Waals surface area contributed by atoms with Crippen LogP contribution < -0.4 is 5.32 Å². The molecule has 3 rings (SSSR count). The Morgan fingerprint density at radius 2 is 2.18 bits per heavy atom. The molecule has 0 amide bonds. The van der Waals surface area contributed by atoms with Crippen LogP contribution in [0.15, 0.2) is 31.0 Å². The van der Waals surface area contributed by atoms with Crippen LogP contribution in [0.5, 0.6) is 0 Å². The Labute approximate surface area is 97.9 Å². The molecular weight excluding hydrogens is 216 g/mol. The minimum absolute atomic E-state index is 0.718. The van der Waals surface area contributed by atoms with Crippen LogP contribution in [-0.4, -0.2) is 31.2 Å². The van der Waals surface area contributed by atoms with Gasteiger partial charge < -0.3 is 9.72 Å². The van der Waals surface area contributed by atoms with Gasteiger partial charge in [-0.15, -0.1) is 0 Å². The molecule has 0 aliphatic heterocycles. The van der Waals surface area contributed by atoms with Gasteiger partial charge in [-0.1, -0.05) is 0 Å². The SMILES string of the molecule is CNc1cn2ccnc2c(-n2cc(C)cn2)n1. The van der Waals surface area contributed by atoms with Gasteiger partial charge in [0, 0.05) is 25.6 Å². The monoisotopic (exact) mass is 228 g/mol. The first-order chi connectivity index (χ1) is 8.28. The number of rotatable bonds is 2. The van der Waals surface area contributed by atoms with E-state index in [1.165, 1.54) is 0 Å². The first-order valence-electron chi connectivity index (χ1n) is 5.31. The van der Waals surface area contributed by atoms with Gasteiger partial charge in [0.2, 0.25) is 0 Å². The highest BCUT2D eigenvalue weighted by Crippen LogP contribution is 2.15. The van der Waals surface area contributed by atoms with Crippen molar-refractivity contribution in [3.63, 3.8) is 0 Å². The van der Waals surface area contributed by atoms with E-state index in [-0.39, 0.29) is 0 Å². The summed E-state index contributed by atoms with van der Waals surface area (Å²) in [5.74, 6) is 1.49. The molecule has 0 atom stereocenters. The highest BCUT2D eigenvalue weighted by Gasteiger charge is 2.09. The molecule has 3 heterocycles. The molecule has 0 aliphatic carbocycles. The number of nitrogens with zero attached hydrogens (tertiary/aromatic N) is 5. The molecule has 0 bridgehead atoms. The summed E-state index contributed by atoms with van der Waals surface area (Å²) in [6.45, 7) is 1.99. The summed E-state index contributed by atoms with van der Waals surface area (Å²) in [6, 6.07) is 0. The lowest BCUT2D eigenvalue weighted by molar-refractivity contribution is 0.842. The molecule has 17 heavy (non-hydrogen) atoms. The molecule has 0 unspecified atom stereocenters. The summed E-state index contributed by atoms with van der Waals surface area (Å²) in [5.41, 5.74) is 1.87. The van der Waals surface area contributed by atoms with Crippen molar-refractivity contribution in [1.82, 2.24) is 24.1 Å². The third-order valence-electron chi connectivity index (χ3n) is 2.54. The van der Waals surface area contributed by atoms with E-state index < -0.39 is 0 Å². The van der Waals surface area contributed by atoms with Crippen LogP contribution in [-0.2, 0) is 0 Å². The van der Waals surface area contributed by atoms with Crippen LogP contribution in [0.2, 0.25) is 0 Å². The van der Waals surface area contributed by atoms with Crippen molar-refractivity contribution in [2.75, 3.05) is 12.4 Å². The Kier molecular flexibility index (Phi) is 2.07. The first kappa shape index (κ1) is 9.83. The summed E-state index contributed by atoms with van der Waals surface area (Å²) >= 11 is 0. The van der Waals surface area contributed by atoms with Gasteiger partial charge in [-0.05, 0) is 12.5 Å². The van der Waals surface area contributed by atoms with E-state index in [9.17, 15) is 0 Å². The standard InChI is InChI=1S/C11H12N6/c1-8-5-14-17(6-8)11-10-13-3-4-16(10)7-9(12-2)15-11/h3-7,12H,1-2H3.